The Kier molecular flexibility index (Phi) is 1.81. The van der Waals surface area contributed by atoms with Crippen LogP contribution < -0.4 is 5.73 Å². The van der Waals surface area contributed by atoms with Crippen molar-refractivity contribution in [3.05, 3.63) is 18.0 Å². The molecule has 1 unspecified atom stereocenters. The van der Waals surface area contributed by atoms with Crippen LogP contribution in [0.2, 0.25) is 0 Å². The monoisotopic (exact) mass is 180 g/mol. The summed E-state index contributed by atoms with van der Waals surface area (Å²) in [5.41, 5.74) is 6.50. The number of nitrogens with two attached hydrogens (primary N) is 1. The number of nitrogens with zero attached hydrogens (tertiary/aromatic N) is 3. The number of β-lactam (4-membered cyclic amide) rings is 1. The Balaban J connectivity index is 1.96. The van der Waals surface area contributed by atoms with Gasteiger partial charge in [0, 0.05) is 31.9 Å². The van der Waals surface area contributed by atoms with E-state index in [0.29, 0.717) is 13.1 Å². The van der Waals surface area contributed by atoms with Crippen molar-refractivity contribution in [2.75, 3.05) is 6.54 Å². The summed E-state index contributed by atoms with van der Waals surface area (Å²) < 4.78 is 1.72. The van der Waals surface area contributed by atoms with Gasteiger partial charge in [-0.3, -0.25) is 9.48 Å². The fraction of sp³-hybridized carbons (Fsp3) is 0.500. The summed E-state index contributed by atoms with van der Waals surface area (Å²) in [6, 6.07) is -0.281. The lowest BCUT2D eigenvalue weighted by atomic mass is 10.1. The van der Waals surface area contributed by atoms with E-state index in [-0.39, 0.29) is 11.9 Å². The lowest BCUT2D eigenvalue weighted by molar-refractivity contribution is -0.143. The molecule has 70 valence electrons. The first-order chi connectivity index (χ1) is 6.16. The Labute approximate surface area is 76.1 Å². The van der Waals surface area contributed by atoms with E-state index in [1.54, 1.807) is 15.8 Å². The maximum atomic E-state index is 11.1. The average molecular weight is 180 g/mol. The second-order valence-corrected chi connectivity index (χ2v) is 3.35. The zero-order valence-corrected chi connectivity index (χ0v) is 7.47. The van der Waals surface area contributed by atoms with E-state index < -0.39 is 0 Å². The number of carbonyl (C=O) groups is 1. The van der Waals surface area contributed by atoms with Gasteiger partial charge in [0.1, 0.15) is 6.04 Å². The Bertz CT molecular complexity index is 333. The third kappa shape index (κ3) is 1.42. The third-order valence-corrected chi connectivity index (χ3v) is 2.18. The number of amides is 1. The summed E-state index contributed by atoms with van der Waals surface area (Å²) in [5.74, 6) is 0.0313. The Hall–Kier alpha value is -1.36. The van der Waals surface area contributed by atoms with Crippen molar-refractivity contribution in [2.24, 2.45) is 12.8 Å². The smallest absolute Gasteiger partial charge is 0.241 e. The van der Waals surface area contributed by atoms with Gasteiger partial charge in [-0.25, -0.2) is 0 Å². The predicted molar refractivity (Wildman–Crippen MR) is 46.6 cm³/mol. The van der Waals surface area contributed by atoms with Crippen molar-refractivity contribution in [2.45, 2.75) is 12.6 Å². The fourth-order valence-corrected chi connectivity index (χ4v) is 1.44. The van der Waals surface area contributed by atoms with Gasteiger partial charge >= 0.3 is 0 Å². The number of hydrogen-bond donors (Lipinski definition) is 1. The largest absolute Gasteiger partial charge is 0.335 e. The zero-order chi connectivity index (χ0) is 9.42. The Morgan fingerprint density at radius 3 is 3.00 bits per heavy atom. The minimum atomic E-state index is -0.281. The number of hydrogen-bond acceptors (Lipinski definition) is 3. The molecular formula is C8H12N4O. The molecule has 5 nitrogen and oxygen atoms in total. The number of likely N-dealkylation sites (tertiary alicyclic amines) is 1. The van der Waals surface area contributed by atoms with Gasteiger partial charge in [-0.05, 0) is 0 Å². The molecule has 1 atom stereocenters. The number of carbonyl (C=O) groups excluding carboxylic acids is 1. The second-order valence-electron chi connectivity index (χ2n) is 3.35. The topological polar surface area (TPSA) is 64.2 Å². The van der Waals surface area contributed by atoms with Gasteiger partial charge in [-0.1, -0.05) is 0 Å². The van der Waals surface area contributed by atoms with Crippen LogP contribution in [0.4, 0.5) is 0 Å². The van der Waals surface area contributed by atoms with Crippen molar-refractivity contribution in [1.29, 1.82) is 0 Å². The summed E-state index contributed by atoms with van der Waals surface area (Å²) in [7, 11) is 1.85. The van der Waals surface area contributed by atoms with Gasteiger partial charge in [-0.2, -0.15) is 5.10 Å². The maximum Gasteiger partial charge on any atom is 0.241 e. The molecule has 0 saturated carbocycles. The molecule has 13 heavy (non-hydrogen) atoms. The minimum absolute atomic E-state index is 0.0313. The molecule has 1 aliphatic heterocycles. The highest BCUT2D eigenvalue weighted by atomic mass is 16.2. The first-order valence-electron chi connectivity index (χ1n) is 4.18. The van der Waals surface area contributed by atoms with Crippen molar-refractivity contribution >= 4 is 5.91 Å². The van der Waals surface area contributed by atoms with Crippen molar-refractivity contribution in [3.63, 3.8) is 0 Å². The molecule has 1 fully saturated rings. The predicted octanol–water partition coefficient (Wildman–Crippen LogP) is -0.910. The number of rotatable bonds is 2. The fourth-order valence-electron chi connectivity index (χ4n) is 1.44. The van der Waals surface area contributed by atoms with Gasteiger partial charge < -0.3 is 10.6 Å². The zero-order valence-electron chi connectivity index (χ0n) is 7.47. The van der Waals surface area contributed by atoms with Crippen molar-refractivity contribution in [1.82, 2.24) is 14.7 Å². The third-order valence-electron chi connectivity index (χ3n) is 2.18. The molecule has 1 amide bonds. The van der Waals surface area contributed by atoms with Crippen LogP contribution in [0.1, 0.15) is 5.56 Å². The van der Waals surface area contributed by atoms with Crippen LogP contribution in [-0.2, 0) is 18.4 Å². The quantitative estimate of drug-likeness (QED) is 0.599. The van der Waals surface area contributed by atoms with E-state index in [9.17, 15) is 4.79 Å². The molecule has 1 saturated heterocycles. The molecule has 2 rings (SSSR count). The summed E-state index contributed by atoms with van der Waals surface area (Å²) in [4.78, 5) is 12.9. The molecule has 1 aromatic rings. The van der Waals surface area contributed by atoms with Crippen LogP contribution in [0.15, 0.2) is 12.4 Å². The van der Waals surface area contributed by atoms with Crippen LogP contribution in [0, 0.1) is 0 Å². The van der Waals surface area contributed by atoms with E-state index >= 15 is 0 Å². The maximum absolute atomic E-state index is 11.1. The van der Waals surface area contributed by atoms with E-state index in [1.165, 1.54) is 0 Å². The van der Waals surface area contributed by atoms with Gasteiger partial charge in [0.25, 0.3) is 0 Å². The van der Waals surface area contributed by atoms with E-state index in [1.807, 2.05) is 13.2 Å². The van der Waals surface area contributed by atoms with Gasteiger partial charge in [0.15, 0.2) is 0 Å². The molecule has 0 bridgehead atoms. The van der Waals surface area contributed by atoms with E-state index in [4.69, 9.17) is 5.73 Å². The van der Waals surface area contributed by atoms with Crippen LogP contribution in [-0.4, -0.2) is 33.2 Å². The summed E-state index contributed by atoms with van der Waals surface area (Å²) in [6.45, 7) is 1.29. The van der Waals surface area contributed by atoms with Crippen LogP contribution in [0.25, 0.3) is 0 Å². The highest BCUT2D eigenvalue weighted by Gasteiger charge is 2.33. The van der Waals surface area contributed by atoms with E-state index in [2.05, 4.69) is 5.10 Å². The SMILES string of the molecule is Cn1cc(CN2CC(N)C2=O)cn1. The first-order valence-corrected chi connectivity index (χ1v) is 4.18. The highest BCUT2D eigenvalue weighted by Crippen LogP contribution is 2.12. The first kappa shape index (κ1) is 8.25. The summed E-state index contributed by atoms with van der Waals surface area (Å²) in [6.07, 6.45) is 3.66. The lowest BCUT2D eigenvalue weighted by Crippen LogP contribution is -2.60. The Morgan fingerprint density at radius 2 is 2.54 bits per heavy atom. The van der Waals surface area contributed by atoms with Crippen LogP contribution in [0.3, 0.4) is 0 Å². The number of aryl methyl sites for hydroxylation is 1. The van der Waals surface area contributed by atoms with Crippen LogP contribution in [0.5, 0.6) is 0 Å². The molecule has 0 spiro atoms. The average Bonchev–Trinajstić information content (AvgIpc) is 2.50. The molecule has 0 aromatic carbocycles. The molecular weight excluding hydrogens is 168 g/mol. The molecule has 1 aliphatic rings. The molecule has 0 aliphatic carbocycles. The van der Waals surface area contributed by atoms with Crippen molar-refractivity contribution in [3.8, 4) is 0 Å². The number of aromatic nitrogens is 2. The molecule has 2 heterocycles. The summed E-state index contributed by atoms with van der Waals surface area (Å²) in [5, 5.41) is 4.02. The minimum Gasteiger partial charge on any atom is -0.335 e. The Morgan fingerprint density at radius 1 is 1.77 bits per heavy atom. The van der Waals surface area contributed by atoms with Gasteiger partial charge in [0.2, 0.25) is 5.91 Å². The molecule has 0 radical (unpaired) electrons. The molecule has 2 N–H and O–H groups in total. The van der Waals surface area contributed by atoms with Crippen molar-refractivity contribution < 1.29 is 4.79 Å². The second kappa shape index (κ2) is 2.85. The standard InChI is InChI=1S/C8H12N4O/c1-11-3-6(2-10-11)4-12-5-7(9)8(12)13/h2-3,7H,4-5,9H2,1H3. The molecule has 5 heteroatoms. The van der Waals surface area contributed by atoms with Gasteiger partial charge in [-0.15, -0.1) is 0 Å². The van der Waals surface area contributed by atoms with Gasteiger partial charge in [0.05, 0.1) is 6.20 Å². The normalized spacial score (nSPS) is 21.8. The highest BCUT2D eigenvalue weighted by molar-refractivity contribution is 5.87. The molecule has 1 aromatic heterocycles. The van der Waals surface area contributed by atoms with Crippen LogP contribution >= 0.6 is 0 Å². The summed E-state index contributed by atoms with van der Waals surface area (Å²) >= 11 is 0. The van der Waals surface area contributed by atoms with E-state index in [0.717, 1.165) is 5.56 Å². The lowest BCUT2D eigenvalue weighted by Gasteiger charge is -2.35.